The molecule has 1 N–H and O–H groups in total. The van der Waals surface area contributed by atoms with Gasteiger partial charge in [-0.05, 0) is 26.3 Å². The zero-order valence-electron chi connectivity index (χ0n) is 11.6. The van der Waals surface area contributed by atoms with E-state index in [9.17, 15) is 0 Å². The number of nitrogens with one attached hydrogen (secondary N) is 1. The Morgan fingerprint density at radius 2 is 1.94 bits per heavy atom. The molecule has 0 aliphatic carbocycles. The van der Waals surface area contributed by atoms with Gasteiger partial charge in [-0.3, -0.25) is 4.90 Å². The first-order valence-electron chi connectivity index (χ1n) is 6.69. The molecule has 0 aliphatic heterocycles. The highest BCUT2D eigenvalue weighted by molar-refractivity contribution is 4.66. The lowest BCUT2D eigenvalue weighted by molar-refractivity contribution is 0.185. The van der Waals surface area contributed by atoms with Gasteiger partial charge in [-0.25, -0.2) is 0 Å². The Morgan fingerprint density at radius 1 is 1.19 bits per heavy atom. The summed E-state index contributed by atoms with van der Waals surface area (Å²) in [7, 11) is 1.74. The average Bonchev–Trinajstić information content (AvgIpc) is 2.31. The fourth-order valence-electron chi connectivity index (χ4n) is 1.69. The zero-order valence-corrected chi connectivity index (χ0v) is 11.6. The molecule has 16 heavy (non-hydrogen) atoms. The highest BCUT2D eigenvalue weighted by atomic mass is 16.5. The molecule has 0 aromatic heterocycles. The van der Waals surface area contributed by atoms with Gasteiger partial charge in [0.25, 0.3) is 0 Å². The van der Waals surface area contributed by atoms with Gasteiger partial charge in [0.05, 0.1) is 6.61 Å². The van der Waals surface area contributed by atoms with Crippen LogP contribution in [0.25, 0.3) is 0 Å². The molecule has 0 spiro atoms. The minimum absolute atomic E-state index is 0.704. The Labute approximate surface area is 102 Å². The largest absolute Gasteiger partial charge is 0.383 e. The topological polar surface area (TPSA) is 24.5 Å². The first-order valence-corrected chi connectivity index (χ1v) is 6.69. The number of ether oxygens (including phenoxy) is 1. The second kappa shape index (κ2) is 11.4. The normalized spacial score (nSPS) is 13.3. The molecule has 3 nitrogen and oxygen atoms in total. The Kier molecular flexibility index (Phi) is 11.3. The lowest BCUT2D eigenvalue weighted by Gasteiger charge is -2.28. The van der Waals surface area contributed by atoms with E-state index in [1.165, 1.54) is 25.8 Å². The van der Waals surface area contributed by atoms with Crippen LogP contribution in [0.2, 0.25) is 0 Å². The van der Waals surface area contributed by atoms with Crippen molar-refractivity contribution < 1.29 is 4.74 Å². The van der Waals surface area contributed by atoms with Crippen LogP contribution in [0.3, 0.4) is 0 Å². The van der Waals surface area contributed by atoms with Gasteiger partial charge in [0, 0.05) is 32.8 Å². The van der Waals surface area contributed by atoms with Crippen molar-refractivity contribution in [2.75, 3.05) is 39.9 Å². The van der Waals surface area contributed by atoms with Crippen molar-refractivity contribution in [2.24, 2.45) is 0 Å². The van der Waals surface area contributed by atoms with Crippen LogP contribution in [-0.4, -0.2) is 50.8 Å². The van der Waals surface area contributed by atoms with Crippen LogP contribution in [0.15, 0.2) is 0 Å². The summed E-state index contributed by atoms with van der Waals surface area (Å²) >= 11 is 0. The predicted octanol–water partition coefficient (Wildman–Crippen LogP) is 2.12. The molecular formula is C13H30N2O. The van der Waals surface area contributed by atoms with E-state index in [-0.39, 0.29) is 0 Å². The number of methoxy groups -OCH3 is 1. The van der Waals surface area contributed by atoms with Crippen molar-refractivity contribution in [1.29, 1.82) is 0 Å². The third-order valence-corrected chi connectivity index (χ3v) is 3.07. The summed E-state index contributed by atoms with van der Waals surface area (Å²) in [4.78, 5) is 2.59. The summed E-state index contributed by atoms with van der Waals surface area (Å²) < 4.78 is 5.01. The molecular weight excluding hydrogens is 200 g/mol. The van der Waals surface area contributed by atoms with Gasteiger partial charge in [-0.1, -0.05) is 20.3 Å². The lowest BCUT2D eigenvalue weighted by Crippen LogP contribution is -2.39. The van der Waals surface area contributed by atoms with Crippen LogP contribution in [0.5, 0.6) is 0 Å². The summed E-state index contributed by atoms with van der Waals surface area (Å²) in [5.74, 6) is 0. The summed E-state index contributed by atoms with van der Waals surface area (Å²) in [6.45, 7) is 12.1. The quantitative estimate of drug-likeness (QED) is 0.550. The molecule has 0 heterocycles. The second-order valence-corrected chi connectivity index (χ2v) is 4.39. The monoisotopic (exact) mass is 230 g/mol. The number of nitrogens with zero attached hydrogens (tertiary/aromatic N) is 1. The smallest absolute Gasteiger partial charge is 0.0587 e. The zero-order chi connectivity index (χ0) is 12.2. The van der Waals surface area contributed by atoms with Crippen LogP contribution in [0.1, 0.15) is 40.0 Å². The molecule has 98 valence electrons. The van der Waals surface area contributed by atoms with E-state index in [0.717, 1.165) is 26.2 Å². The minimum Gasteiger partial charge on any atom is -0.383 e. The summed E-state index contributed by atoms with van der Waals surface area (Å²) in [5, 5.41) is 3.41. The molecule has 0 rings (SSSR count). The van der Waals surface area contributed by atoms with E-state index in [2.05, 4.69) is 31.0 Å². The maximum absolute atomic E-state index is 5.01. The van der Waals surface area contributed by atoms with Crippen LogP contribution < -0.4 is 5.32 Å². The van der Waals surface area contributed by atoms with Gasteiger partial charge in [0.1, 0.15) is 0 Å². The average molecular weight is 230 g/mol. The van der Waals surface area contributed by atoms with Gasteiger partial charge in [0.2, 0.25) is 0 Å². The van der Waals surface area contributed by atoms with Crippen LogP contribution >= 0.6 is 0 Å². The van der Waals surface area contributed by atoms with Gasteiger partial charge in [-0.2, -0.15) is 0 Å². The molecule has 1 atom stereocenters. The SMILES string of the molecule is CCCCN(CCNCCOC)C(C)CC. The first-order chi connectivity index (χ1) is 7.76. The van der Waals surface area contributed by atoms with Crippen molar-refractivity contribution >= 4 is 0 Å². The van der Waals surface area contributed by atoms with Gasteiger partial charge >= 0.3 is 0 Å². The van der Waals surface area contributed by atoms with E-state index in [0.29, 0.717) is 6.04 Å². The van der Waals surface area contributed by atoms with Crippen LogP contribution in [0.4, 0.5) is 0 Å². The fraction of sp³-hybridized carbons (Fsp3) is 1.00. The maximum Gasteiger partial charge on any atom is 0.0587 e. The molecule has 3 heteroatoms. The first kappa shape index (κ1) is 15.9. The molecule has 0 fully saturated rings. The van der Waals surface area contributed by atoms with E-state index in [1.807, 2.05) is 0 Å². The molecule has 0 saturated carbocycles. The van der Waals surface area contributed by atoms with Crippen LogP contribution in [-0.2, 0) is 4.74 Å². The van der Waals surface area contributed by atoms with Crippen molar-refractivity contribution in [3.63, 3.8) is 0 Å². The molecule has 0 saturated heterocycles. The van der Waals surface area contributed by atoms with Crippen molar-refractivity contribution in [3.8, 4) is 0 Å². The van der Waals surface area contributed by atoms with Gasteiger partial charge in [-0.15, -0.1) is 0 Å². The molecule has 0 aliphatic rings. The predicted molar refractivity (Wildman–Crippen MR) is 71.0 cm³/mol. The van der Waals surface area contributed by atoms with E-state index in [4.69, 9.17) is 4.74 Å². The number of rotatable bonds is 11. The summed E-state index contributed by atoms with van der Waals surface area (Å²) in [5.41, 5.74) is 0. The third-order valence-electron chi connectivity index (χ3n) is 3.07. The number of hydrogen-bond donors (Lipinski definition) is 1. The summed E-state index contributed by atoms with van der Waals surface area (Å²) in [6, 6.07) is 0.704. The van der Waals surface area contributed by atoms with Gasteiger partial charge < -0.3 is 10.1 Å². The molecule has 0 aromatic rings. The van der Waals surface area contributed by atoms with E-state index < -0.39 is 0 Å². The molecule has 0 bridgehead atoms. The number of unbranched alkanes of at least 4 members (excludes halogenated alkanes) is 1. The fourth-order valence-corrected chi connectivity index (χ4v) is 1.69. The Balaban J connectivity index is 3.65. The lowest BCUT2D eigenvalue weighted by atomic mass is 10.2. The van der Waals surface area contributed by atoms with Crippen molar-refractivity contribution in [3.05, 3.63) is 0 Å². The van der Waals surface area contributed by atoms with E-state index >= 15 is 0 Å². The van der Waals surface area contributed by atoms with Crippen molar-refractivity contribution in [2.45, 2.75) is 46.1 Å². The second-order valence-electron chi connectivity index (χ2n) is 4.39. The van der Waals surface area contributed by atoms with Crippen molar-refractivity contribution in [1.82, 2.24) is 10.2 Å². The minimum atomic E-state index is 0.704. The summed E-state index contributed by atoms with van der Waals surface area (Å²) in [6.07, 6.45) is 3.83. The highest BCUT2D eigenvalue weighted by Gasteiger charge is 2.10. The molecule has 1 unspecified atom stereocenters. The molecule has 0 aromatic carbocycles. The third kappa shape index (κ3) is 8.08. The Morgan fingerprint density at radius 3 is 2.50 bits per heavy atom. The van der Waals surface area contributed by atoms with Gasteiger partial charge in [0.15, 0.2) is 0 Å². The Hall–Kier alpha value is -0.120. The standard InChI is InChI=1S/C13H30N2O/c1-5-7-10-15(13(3)6-2)11-8-14-9-12-16-4/h13-14H,5-12H2,1-4H3. The van der Waals surface area contributed by atoms with Crippen LogP contribution in [0, 0.1) is 0 Å². The highest BCUT2D eigenvalue weighted by Crippen LogP contribution is 2.04. The number of hydrogen-bond acceptors (Lipinski definition) is 3. The molecule has 0 amide bonds. The molecule has 0 radical (unpaired) electrons. The maximum atomic E-state index is 5.01. The Bertz CT molecular complexity index is 142. The van der Waals surface area contributed by atoms with E-state index in [1.54, 1.807) is 7.11 Å².